The molecule has 0 atom stereocenters. The number of aromatic nitrogens is 4. The standard InChI is InChI=1S/C9H10FN5/c1-6-4-7(10)2-3-8(6)15-9(5-11)12-13-14-15/h2-4H,5,11H2,1H3. The molecule has 1 aromatic carbocycles. The van der Waals surface area contributed by atoms with Crippen molar-refractivity contribution in [2.45, 2.75) is 13.5 Å². The molecule has 1 heterocycles. The predicted octanol–water partition coefficient (Wildman–Crippen LogP) is 0.569. The van der Waals surface area contributed by atoms with Crippen LogP contribution in [0.1, 0.15) is 11.4 Å². The van der Waals surface area contributed by atoms with Crippen molar-refractivity contribution in [3.05, 3.63) is 35.4 Å². The summed E-state index contributed by atoms with van der Waals surface area (Å²) in [6, 6.07) is 4.42. The molecule has 0 unspecified atom stereocenters. The van der Waals surface area contributed by atoms with Gasteiger partial charge in [0.15, 0.2) is 5.82 Å². The van der Waals surface area contributed by atoms with Crippen molar-refractivity contribution in [3.63, 3.8) is 0 Å². The minimum atomic E-state index is -0.279. The molecule has 78 valence electrons. The highest BCUT2D eigenvalue weighted by Gasteiger charge is 2.08. The van der Waals surface area contributed by atoms with Gasteiger partial charge >= 0.3 is 0 Å². The van der Waals surface area contributed by atoms with Gasteiger partial charge in [0.1, 0.15) is 5.82 Å². The molecule has 2 aromatic rings. The van der Waals surface area contributed by atoms with Crippen LogP contribution in [0.15, 0.2) is 18.2 Å². The van der Waals surface area contributed by atoms with E-state index in [4.69, 9.17) is 5.73 Å². The predicted molar refractivity (Wildman–Crippen MR) is 51.7 cm³/mol. The van der Waals surface area contributed by atoms with E-state index in [0.717, 1.165) is 11.3 Å². The number of nitrogens with two attached hydrogens (primary N) is 1. The molecule has 0 fully saturated rings. The van der Waals surface area contributed by atoms with Crippen molar-refractivity contribution < 1.29 is 4.39 Å². The zero-order chi connectivity index (χ0) is 10.8. The summed E-state index contributed by atoms with van der Waals surface area (Å²) in [5.74, 6) is 0.267. The molecule has 0 aliphatic carbocycles. The smallest absolute Gasteiger partial charge is 0.170 e. The fourth-order valence-electron chi connectivity index (χ4n) is 1.38. The lowest BCUT2D eigenvalue weighted by atomic mass is 10.2. The van der Waals surface area contributed by atoms with E-state index in [1.54, 1.807) is 13.0 Å². The molecule has 2 N–H and O–H groups in total. The van der Waals surface area contributed by atoms with Crippen molar-refractivity contribution in [3.8, 4) is 5.69 Å². The molecule has 0 aliphatic heterocycles. The van der Waals surface area contributed by atoms with Gasteiger partial charge in [0, 0.05) is 0 Å². The van der Waals surface area contributed by atoms with Crippen LogP contribution in [0.25, 0.3) is 5.69 Å². The number of rotatable bonds is 2. The van der Waals surface area contributed by atoms with Crippen molar-refractivity contribution in [1.82, 2.24) is 20.2 Å². The summed E-state index contributed by atoms with van der Waals surface area (Å²) >= 11 is 0. The molecule has 6 heteroatoms. The Morgan fingerprint density at radius 2 is 2.27 bits per heavy atom. The molecule has 15 heavy (non-hydrogen) atoms. The molecule has 0 radical (unpaired) electrons. The van der Waals surface area contributed by atoms with Crippen LogP contribution in [0.4, 0.5) is 4.39 Å². The zero-order valence-corrected chi connectivity index (χ0v) is 8.18. The number of benzene rings is 1. The molecular weight excluding hydrogens is 197 g/mol. The highest BCUT2D eigenvalue weighted by molar-refractivity contribution is 5.39. The Bertz CT molecular complexity index is 479. The number of nitrogens with zero attached hydrogens (tertiary/aromatic N) is 4. The molecule has 0 bridgehead atoms. The third kappa shape index (κ3) is 1.71. The summed E-state index contributed by atoms with van der Waals surface area (Å²) in [4.78, 5) is 0. The Balaban J connectivity index is 2.54. The molecule has 0 aliphatic rings. The van der Waals surface area contributed by atoms with Crippen LogP contribution in [0.3, 0.4) is 0 Å². The van der Waals surface area contributed by atoms with Crippen LogP contribution in [-0.4, -0.2) is 20.2 Å². The van der Waals surface area contributed by atoms with E-state index < -0.39 is 0 Å². The van der Waals surface area contributed by atoms with Crippen molar-refractivity contribution in [2.75, 3.05) is 0 Å². The summed E-state index contributed by atoms with van der Waals surface area (Å²) in [6.07, 6.45) is 0. The van der Waals surface area contributed by atoms with Crippen LogP contribution < -0.4 is 5.73 Å². The van der Waals surface area contributed by atoms with E-state index in [2.05, 4.69) is 15.5 Å². The van der Waals surface area contributed by atoms with Gasteiger partial charge in [-0.25, -0.2) is 4.39 Å². The van der Waals surface area contributed by atoms with Gasteiger partial charge in [0.2, 0.25) is 0 Å². The molecule has 2 rings (SSSR count). The van der Waals surface area contributed by atoms with Crippen molar-refractivity contribution in [2.24, 2.45) is 5.73 Å². The average Bonchev–Trinajstić information content (AvgIpc) is 2.65. The van der Waals surface area contributed by atoms with Gasteiger partial charge in [0.05, 0.1) is 12.2 Å². The Morgan fingerprint density at radius 3 is 2.93 bits per heavy atom. The van der Waals surface area contributed by atoms with Crippen molar-refractivity contribution in [1.29, 1.82) is 0 Å². The third-order valence-electron chi connectivity index (χ3n) is 2.10. The summed E-state index contributed by atoms with van der Waals surface area (Å²) < 4.78 is 14.4. The molecule has 5 nitrogen and oxygen atoms in total. The van der Waals surface area contributed by atoms with Gasteiger partial charge in [-0.05, 0) is 41.1 Å². The number of aryl methyl sites for hydroxylation is 1. The van der Waals surface area contributed by atoms with Crippen LogP contribution in [0, 0.1) is 12.7 Å². The summed E-state index contributed by atoms with van der Waals surface area (Å²) in [7, 11) is 0. The van der Waals surface area contributed by atoms with E-state index in [1.165, 1.54) is 16.8 Å². The van der Waals surface area contributed by atoms with Gasteiger partial charge in [0.25, 0.3) is 0 Å². The lowest BCUT2D eigenvalue weighted by Crippen LogP contribution is -2.09. The number of halogens is 1. The lowest BCUT2D eigenvalue weighted by molar-refractivity contribution is 0.625. The maximum atomic E-state index is 12.9. The van der Waals surface area contributed by atoms with Crippen LogP contribution in [-0.2, 0) is 6.54 Å². The Hall–Kier alpha value is -1.82. The molecule has 0 saturated heterocycles. The molecule has 0 amide bonds. The maximum Gasteiger partial charge on any atom is 0.170 e. The molecule has 1 aromatic heterocycles. The van der Waals surface area contributed by atoms with E-state index in [9.17, 15) is 4.39 Å². The van der Waals surface area contributed by atoms with E-state index in [1.807, 2.05) is 0 Å². The first-order valence-electron chi connectivity index (χ1n) is 4.46. The van der Waals surface area contributed by atoms with Gasteiger partial charge in [-0.15, -0.1) is 5.10 Å². The summed E-state index contributed by atoms with van der Waals surface area (Å²) in [5.41, 5.74) is 6.97. The third-order valence-corrected chi connectivity index (χ3v) is 2.10. The van der Waals surface area contributed by atoms with Gasteiger partial charge in [-0.2, -0.15) is 4.68 Å². The molecular formula is C9H10FN5. The topological polar surface area (TPSA) is 69.6 Å². The number of tetrazole rings is 1. The van der Waals surface area contributed by atoms with E-state index in [0.29, 0.717) is 5.82 Å². The van der Waals surface area contributed by atoms with Crippen molar-refractivity contribution >= 4 is 0 Å². The highest BCUT2D eigenvalue weighted by Crippen LogP contribution is 2.14. The fourth-order valence-corrected chi connectivity index (χ4v) is 1.38. The maximum absolute atomic E-state index is 12.9. The summed E-state index contributed by atoms with van der Waals surface area (Å²) in [5, 5.41) is 11.1. The zero-order valence-electron chi connectivity index (χ0n) is 8.18. The van der Waals surface area contributed by atoms with Gasteiger partial charge < -0.3 is 5.73 Å². The summed E-state index contributed by atoms with van der Waals surface area (Å²) in [6.45, 7) is 2.03. The Labute approximate surface area is 85.7 Å². The van der Waals surface area contributed by atoms with Crippen LogP contribution in [0.5, 0.6) is 0 Å². The highest BCUT2D eigenvalue weighted by atomic mass is 19.1. The van der Waals surface area contributed by atoms with Crippen LogP contribution in [0.2, 0.25) is 0 Å². The first kappa shape index (κ1) is 9.72. The first-order valence-corrected chi connectivity index (χ1v) is 4.46. The lowest BCUT2D eigenvalue weighted by Gasteiger charge is -2.06. The second-order valence-corrected chi connectivity index (χ2v) is 3.14. The molecule has 0 spiro atoms. The minimum absolute atomic E-state index is 0.240. The number of hydrogen-bond acceptors (Lipinski definition) is 4. The second-order valence-electron chi connectivity index (χ2n) is 3.14. The fraction of sp³-hybridized carbons (Fsp3) is 0.222. The molecule has 0 saturated carbocycles. The first-order chi connectivity index (χ1) is 7.22. The SMILES string of the molecule is Cc1cc(F)ccc1-n1nnnc1CN. The monoisotopic (exact) mass is 207 g/mol. The van der Waals surface area contributed by atoms with Gasteiger partial charge in [-0.3, -0.25) is 0 Å². The quantitative estimate of drug-likeness (QED) is 0.781. The Kier molecular flexibility index (Phi) is 2.42. The van der Waals surface area contributed by atoms with Crippen LogP contribution >= 0.6 is 0 Å². The van der Waals surface area contributed by atoms with E-state index in [-0.39, 0.29) is 12.4 Å². The Morgan fingerprint density at radius 1 is 1.47 bits per heavy atom. The van der Waals surface area contributed by atoms with Gasteiger partial charge in [-0.1, -0.05) is 0 Å². The second kappa shape index (κ2) is 3.74. The average molecular weight is 207 g/mol. The number of hydrogen-bond donors (Lipinski definition) is 1. The minimum Gasteiger partial charge on any atom is -0.324 e. The normalized spacial score (nSPS) is 10.6. The van der Waals surface area contributed by atoms with E-state index >= 15 is 0 Å². The largest absolute Gasteiger partial charge is 0.324 e.